The lowest BCUT2D eigenvalue weighted by Gasteiger charge is -2.21. The average Bonchev–Trinajstić information content (AvgIpc) is 3.03. The van der Waals surface area contributed by atoms with Gasteiger partial charge < -0.3 is 10.2 Å². The fourth-order valence-electron chi connectivity index (χ4n) is 3.15. The minimum Gasteiger partial charge on any atom is -0.371 e. The van der Waals surface area contributed by atoms with Gasteiger partial charge in [-0.1, -0.05) is 17.7 Å². The molecule has 1 saturated heterocycles. The summed E-state index contributed by atoms with van der Waals surface area (Å²) in [6.07, 6.45) is 1.02. The molecule has 2 aromatic rings. The van der Waals surface area contributed by atoms with Gasteiger partial charge in [0.05, 0.1) is 5.56 Å². The van der Waals surface area contributed by atoms with E-state index < -0.39 is 0 Å². The van der Waals surface area contributed by atoms with Crippen molar-refractivity contribution < 1.29 is 9.18 Å². The maximum Gasteiger partial charge on any atom is 0.252 e. The van der Waals surface area contributed by atoms with Crippen LogP contribution in [0.4, 0.5) is 10.1 Å². The zero-order valence-electron chi connectivity index (χ0n) is 13.9. The topological polar surface area (TPSA) is 32.3 Å². The van der Waals surface area contributed by atoms with Crippen molar-refractivity contribution in [3.8, 4) is 0 Å². The SMILES string of the molecule is Cc1ccc(Cl)cc1N1CCC(CNC(=O)c2ccc(F)cc2I)C1. The molecule has 1 aliphatic rings. The second-order valence-electron chi connectivity index (χ2n) is 6.37. The number of nitrogens with zero attached hydrogens (tertiary/aromatic N) is 1. The second-order valence-corrected chi connectivity index (χ2v) is 7.96. The second kappa shape index (κ2) is 7.91. The van der Waals surface area contributed by atoms with Crippen LogP contribution in [-0.2, 0) is 0 Å². The van der Waals surface area contributed by atoms with E-state index in [2.05, 4.69) is 17.1 Å². The first kappa shape index (κ1) is 18.5. The fraction of sp³-hybridized carbons (Fsp3) is 0.316. The molecule has 2 aromatic carbocycles. The summed E-state index contributed by atoms with van der Waals surface area (Å²) in [7, 11) is 0. The number of anilines is 1. The molecule has 0 bridgehead atoms. The van der Waals surface area contributed by atoms with E-state index in [0.29, 0.717) is 21.6 Å². The summed E-state index contributed by atoms with van der Waals surface area (Å²) in [5, 5.41) is 3.72. The first-order chi connectivity index (χ1) is 11.9. The lowest BCUT2D eigenvalue weighted by molar-refractivity contribution is 0.0947. The van der Waals surface area contributed by atoms with Crippen molar-refractivity contribution in [3.63, 3.8) is 0 Å². The van der Waals surface area contributed by atoms with Crippen LogP contribution in [0.2, 0.25) is 5.02 Å². The molecule has 1 N–H and O–H groups in total. The number of benzene rings is 2. The molecule has 1 heterocycles. The summed E-state index contributed by atoms with van der Waals surface area (Å²) in [4.78, 5) is 14.6. The minimum atomic E-state index is -0.329. The van der Waals surface area contributed by atoms with Crippen LogP contribution < -0.4 is 10.2 Å². The molecule has 3 nitrogen and oxygen atoms in total. The molecule has 0 saturated carbocycles. The van der Waals surface area contributed by atoms with E-state index in [1.165, 1.54) is 23.8 Å². The van der Waals surface area contributed by atoms with Gasteiger partial charge in [0.25, 0.3) is 5.91 Å². The van der Waals surface area contributed by atoms with Crippen molar-refractivity contribution in [2.45, 2.75) is 13.3 Å². The molecule has 25 heavy (non-hydrogen) atoms. The standard InChI is InChI=1S/C19H19ClFIN2O/c1-12-2-3-14(20)8-18(12)24-7-6-13(11-24)10-23-19(25)16-5-4-15(21)9-17(16)22/h2-5,8-9,13H,6-7,10-11H2,1H3,(H,23,25). The smallest absolute Gasteiger partial charge is 0.252 e. The van der Waals surface area contributed by atoms with E-state index in [4.69, 9.17) is 11.6 Å². The van der Waals surface area contributed by atoms with E-state index in [9.17, 15) is 9.18 Å². The molecule has 0 aliphatic carbocycles. The van der Waals surface area contributed by atoms with E-state index in [1.54, 1.807) is 0 Å². The third-order valence-electron chi connectivity index (χ3n) is 4.52. The third-order valence-corrected chi connectivity index (χ3v) is 5.65. The normalized spacial score (nSPS) is 17.0. The zero-order valence-corrected chi connectivity index (χ0v) is 16.8. The third kappa shape index (κ3) is 4.44. The molecule has 6 heteroatoms. The molecule has 0 radical (unpaired) electrons. The zero-order chi connectivity index (χ0) is 18.0. The molecule has 132 valence electrons. The van der Waals surface area contributed by atoms with Gasteiger partial charge in [0, 0.05) is 33.9 Å². The molecule has 1 amide bonds. The molecule has 3 rings (SSSR count). The maximum absolute atomic E-state index is 13.2. The Labute approximate surface area is 165 Å². The van der Waals surface area contributed by atoms with Crippen molar-refractivity contribution in [3.05, 3.63) is 61.9 Å². The van der Waals surface area contributed by atoms with E-state index in [-0.39, 0.29) is 11.7 Å². The molecule has 0 aromatic heterocycles. The van der Waals surface area contributed by atoms with Crippen LogP contribution in [0.1, 0.15) is 22.3 Å². The van der Waals surface area contributed by atoms with Gasteiger partial charge in [0.1, 0.15) is 5.82 Å². The summed E-state index contributed by atoms with van der Waals surface area (Å²) >= 11 is 8.10. The fourth-order valence-corrected chi connectivity index (χ4v) is 4.04. The highest BCUT2D eigenvalue weighted by Gasteiger charge is 2.24. The van der Waals surface area contributed by atoms with Gasteiger partial charge in [-0.3, -0.25) is 4.79 Å². The van der Waals surface area contributed by atoms with Crippen molar-refractivity contribution in [2.24, 2.45) is 5.92 Å². The highest BCUT2D eigenvalue weighted by atomic mass is 127. The van der Waals surface area contributed by atoms with Crippen LogP contribution in [0.3, 0.4) is 0 Å². The summed E-state index contributed by atoms with van der Waals surface area (Å²) in [6, 6.07) is 10.1. The van der Waals surface area contributed by atoms with Crippen molar-refractivity contribution >= 4 is 45.8 Å². The monoisotopic (exact) mass is 472 g/mol. The Morgan fingerprint density at radius 1 is 1.36 bits per heavy atom. The van der Waals surface area contributed by atoms with Gasteiger partial charge in [0.15, 0.2) is 0 Å². The Morgan fingerprint density at radius 3 is 2.92 bits per heavy atom. The van der Waals surface area contributed by atoms with Crippen molar-refractivity contribution in [2.75, 3.05) is 24.5 Å². The van der Waals surface area contributed by atoms with Crippen LogP contribution in [0.15, 0.2) is 36.4 Å². The predicted octanol–water partition coefficient (Wildman–Crippen LogP) is 4.65. The Hall–Kier alpha value is -1.34. The molecule has 1 unspecified atom stereocenters. The van der Waals surface area contributed by atoms with Crippen molar-refractivity contribution in [1.29, 1.82) is 0 Å². The summed E-state index contributed by atoms with van der Waals surface area (Å²) in [5.41, 5.74) is 2.88. The first-order valence-electron chi connectivity index (χ1n) is 8.18. The Balaban J connectivity index is 1.58. The Morgan fingerprint density at radius 2 is 2.16 bits per heavy atom. The number of nitrogens with one attached hydrogen (secondary N) is 1. The summed E-state index contributed by atoms with van der Waals surface area (Å²) in [5.74, 6) is -0.0912. The van der Waals surface area contributed by atoms with Gasteiger partial charge in [-0.25, -0.2) is 4.39 Å². The van der Waals surface area contributed by atoms with Gasteiger partial charge in [0.2, 0.25) is 0 Å². The van der Waals surface area contributed by atoms with E-state index in [0.717, 1.165) is 30.2 Å². The van der Waals surface area contributed by atoms with E-state index in [1.807, 2.05) is 40.8 Å². The molecular formula is C19H19ClFIN2O. The molecule has 1 aliphatic heterocycles. The van der Waals surface area contributed by atoms with Crippen LogP contribution in [0.25, 0.3) is 0 Å². The first-order valence-corrected chi connectivity index (χ1v) is 9.64. The molecule has 1 fully saturated rings. The number of halogens is 3. The number of hydrogen-bond acceptors (Lipinski definition) is 2. The number of rotatable bonds is 4. The molecule has 0 spiro atoms. The van der Waals surface area contributed by atoms with Gasteiger partial charge >= 0.3 is 0 Å². The highest BCUT2D eigenvalue weighted by molar-refractivity contribution is 14.1. The lowest BCUT2D eigenvalue weighted by Crippen LogP contribution is -2.31. The highest BCUT2D eigenvalue weighted by Crippen LogP contribution is 2.29. The van der Waals surface area contributed by atoms with Gasteiger partial charge in [-0.15, -0.1) is 0 Å². The average molecular weight is 473 g/mol. The lowest BCUT2D eigenvalue weighted by atomic mass is 10.1. The van der Waals surface area contributed by atoms with Gasteiger partial charge in [-0.2, -0.15) is 0 Å². The van der Waals surface area contributed by atoms with Crippen LogP contribution >= 0.6 is 34.2 Å². The number of amides is 1. The Bertz CT molecular complexity index is 799. The number of hydrogen-bond donors (Lipinski definition) is 1. The molecule has 1 atom stereocenters. The molecular weight excluding hydrogens is 454 g/mol. The summed E-state index contributed by atoms with van der Waals surface area (Å²) in [6.45, 7) is 4.54. The number of carbonyl (C=O) groups excluding carboxylic acids is 1. The van der Waals surface area contributed by atoms with E-state index >= 15 is 0 Å². The maximum atomic E-state index is 13.2. The van der Waals surface area contributed by atoms with Crippen LogP contribution in [0.5, 0.6) is 0 Å². The van der Waals surface area contributed by atoms with Crippen molar-refractivity contribution in [1.82, 2.24) is 5.32 Å². The quantitative estimate of drug-likeness (QED) is 0.657. The summed E-state index contributed by atoms with van der Waals surface area (Å²) < 4.78 is 13.8. The van der Waals surface area contributed by atoms with Crippen LogP contribution in [0, 0.1) is 22.2 Å². The largest absolute Gasteiger partial charge is 0.371 e. The van der Waals surface area contributed by atoms with Crippen LogP contribution in [-0.4, -0.2) is 25.5 Å². The Kier molecular flexibility index (Phi) is 5.84. The predicted molar refractivity (Wildman–Crippen MR) is 108 cm³/mol. The number of carbonyl (C=O) groups is 1. The van der Waals surface area contributed by atoms with Gasteiger partial charge in [-0.05, 0) is 77.7 Å². The number of aryl methyl sites for hydroxylation is 1. The minimum absolute atomic E-state index is 0.151.